The topological polar surface area (TPSA) is 46.5 Å². The molecule has 0 aliphatic carbocycles. The average molecular weight is 284 g/mol. The molecule has 0 aromatic heterocycles. The van der Waals surface area contributed by atoms with E-state index in [4.69, 9.17) is 9.84 Å². The Hall–Kier alpha value is -0.830. The molecule has 3 heteroatoms. The van der Waals surface area contributed by atoms with Gasteiger partial charge in [-0.1, -0.05) is 51.2 Å². The number of aliphatic carboxylic acids is 1. The van der Waals surface area contributed by atoms with Crippen LogP contribution in [0.3, 0.4) is 0 Å². The minimum absolute atomic E-state index is 0.550. The number of hydrogen-bond acceptors (Lipinski definition) is 2. The molecule has 0 rings (SSSR count). The number of carbonyl (C=O) groups is 1. The lowest BCUT2D eigenvalue weighted by Crippen LogP contribution is -2.20. The molecule has 0 amide bonds. The van der Waals surface area contributed by atoms with E-state index in [-0.39, 0.29) is 0 Å². The summed E-state index contributed by atoms with van der Waals surface area (Å²) in [5.74, 6) is -0.883. The lowest BCUT2D eigenvalue weighted by atomic mass is 10.1. The molecule has 0 aliphatic heterocycles. The standard InChI is InChI=1S/C17H32O3/c1-3-4-5-6-7-8-9-10-11-12-13-14-15-20-16(2)17(18)19/h9-10,16H,3-8,11-15H2,1-2H3,(H,18,19). The second-order valence-corrected chi connectivity index (χ2v) is 5.37. The van der Waals surface area contributed by atoms with Crippen molar-refractivity contribution in [3.8, 4) is 0 Å². The summed E-state index contributed by atoms with van der Waals surface area (Å²) in [6.45, 7) is 4.37. The van der Waals surface area contributed by atoms with Crippen molar-refractivity contribution in [3.63, 3.8) is 0 Å². The van der Waals surface area contributed by atoms with E-state index in [1.165, 1.54) is 38.5 Å². The zero-order valence-electron chi connectivity index (χ0n) is 13.3. The number of ether oxygens (including phenoxy) is 1. The highest BCUT2D eigenvalue weighted by Crippen LogP contribution is 2.07. The minimum atomic E-state index is -0.883. The first kappa shape index (κ1) is 19.2. The van der Waals surface area contributed by atoms with Crippen LogP contribution >= 0.6 is 0 Å². The molecule has 1 atom stereocenters. The third kappa shape index (κ3) is 13.6. The van der Waals surface area contributed by atoms with E-state index in [1.54, 1.807) is 6.92 Å². The van der Waals surface area contributed by atoms with Gasteiger partial charge in [-0.2, -0.15) is 0 Å². The van der Waals surface area contributed by atoms with Gasteiger partial charge in [-0.25, -0.2) is 4.79 Å². The Morgan fingerprint density at radius 2 is 1.55 bits per heavy atom. The Bertz CT molecular complexity index is 249. The SMILES string of the molecule is CCCCCCCC=CCCCCCOC(C)C(=O)O. The number of carboxylic acid groups (broad SMARTS) is 1. The largest absolute Gasteiger partial charge is 0.479 e. The Morgan fingerprint density at radius 3 is 2.10 bits per heavy atom. The predicted molar refractivity (Wildman–Crippen MR) is 84.0 cm³/mol. The van der Waals surface area contributed by atoms with Crippen LogP contribution in [-0.4, -0.2) is 23.8 Å². The first-order chi connectivity index (χ1) is 9.68. The molecule has 0 aromatic carbocycles. The second kappa shape index (κ2) is 14.6. The van der Waals surface area contributed by atoms with Gasteiger partial charge in [0, 0.05) is 6.61 Å². The summed E-state index contributed by atoms with van der Waals surface area (Å²) in [6.07, 6.45) is 16.2. The van der Waals surface area contributed by atoms with Crippen LogP contribution in [0.4, 0.5) is 0 Å². The van der Waals surface area contributed by atoms with Crippen LogP contribution in [0.5, 0.6) is 0 Å². The Kier molecular flexibility index (Phi) is 14.0. The van der Waals surface area contributed by atoms with Crippen molar-refractivity contribution in [3.05, 3.63) is 12.2 Å². The van der Waals surface area contributed by atoms with E-state index in [0.717, 1.165) is 25.7 Å². The molecule has 0 spiro atoms. The van der Waals surface area contributed by atoms with E-state index in [2.05, 4.69) is 19.1 Å². The maximum atomic E-state index is 10.5. The third-order valence-electron chi connectivity index (χ3n) is 3.37. The van der Waals surface area contributed by atoms with E-state index in [9.17, 15) is 4.79 Å². The number of allylic oxidation sites excluding steroid dienone is 2. The summed E-state index contributed by atoms with van der Waals surface area (Å²) in [6, 6.07) is 0. The zero-order chi connectivity index (χ0) is 15.1. The smallest absolute Gasteiger partial charge is 0.332 e. The Morgan fingerprint density at radius 1 is 1.00 bits per heavy atom. The van der Waals surface area contributed by atoms with Crippen LogP contribution in [0.1, 0.15) is 78.1 Å². The lowest BCUT2D eigenvalue weighted by Gasteiger charge is -2.07. The number of unbranched alkanes of at least 4 members (excludes halogenated alkanes) is 8. The van der Waals surface area contributed by atoms with Crippen LogP contribution in [-0.2, 0) is 9.53 Å². The fourth-order valence-electron chi connectivity index (χ4n) is 1.97. The molecule has 118 valence electrons. The molecule has 1 N–H and O–H groups in total. The van der Waals surface area contributed by atoms with Crippen molar-refractivity contribution in [2.45, 2.75) is 84.2 Å². The molecular formula is C17H32O3. The summed E-state index contributed by atoms with van der Waals surface area (Å²) in [7, 11) is 0. The summed E-state index contributed by atoms with van der Waals surface area (Å²) in [5, 5.41) is 8.64. The van der Waals surface area contributed by atoms with Gasteiger partial charge in [-0.05, 0) is 39.0 Å². The number of hydrogen-bond donors (Lipinski definition) is 1. The summed E-state index contributed by atoms with van der Waals surface area (Å²) < 4.78 is 5.18. The molecule has 0 aliphatic rings. The molecule has 0 aromatic rings. The molecule has 0 radical (unpaired) electrons. The van der Waals surface area contributed by atoms with Gasteiger partial charge >= 0.3 is 5.97 Å². The van der Waals surface area contributed by atoms with Crippen LogP contribution in [0, 0.1) is 0 Å². The zero-order valence-corrected chi connectivity index (χ0v) is 13.3. The van der Waals surface area contributed by atoms with E-state index in [0.29, 0.717) is 6.61 Å². The van der Waals surface area contributed by atoms with E-state index < -0.39 is 12.1 Å². The van der Waals surface area contributed by atoms with Gasteiger partial charge in [0.05, 0.1) is 0 Å². The van der Waals surface area contributed by atoms with Crippen LogP contribution in [0.15, 0.2) is 12.2 Å². The second-order valence-electron chi connectivity index (χ2n) is 5.37. The van der Waals surface area contributed by atoms with Gasteiger partial charge in [0.15, 0.2) is 6.10 Å². The van der Waals surface area contributed by atoms with Gasteiger partial charge < -0.3 is 9.84 Å². The molecule has 20 heavy (non-hydrogen) atoms. The van der Waals surface area contributed by atoms with E-state index in [1.807, 2.05) is 0 Å². The molecule has 0 saturated carbocycles. The Labute approximate surface area is 124 Å². The van der Waals surface area contributed by atoms with Crippen molar-refractivity contribution in [1.29, 1.82) is 0 Å². The van der Waals surface area contributed by atoms with Gasteiger partial charge in [-0.15, -0.1) is 0 Å². The quantitative estimate of drug-likeness (QED) is 0.362. The minimum Gasteiger partial charge on any atom is -0.479 e. The molecule has 3 nitrogen and oxygen atoms in total. The first-order valence-corrected chi connectivity index (χ1v) is 8.18. The first-order valence-electron chi connectivity index (χ1n) is 8.18. The normalized spacial score (nSPS) is 12.9. The predicted octanol–water partition coefficient (Wildman–Crippen LogP) is 4.95. The molecule has 0 bridgehead atoms. The monoisotopic (exact) mass is 284 g/mol. The van der Waals surface area contributed by atoms with Crippen molar-refractivity contribution >= 4 is 5.97 Å². The highest BCUT2D eigenvalue weighted by Gasteiger charge is 2.09. The highest BCUT2D eigenvalue weighted by atomic mass is 16.5. The molecular weight excluding hydrogens is 252 g/mol. The number of carboxylic acids is 1. The Balaban J connectivity index is 3.17. The fourth-order valence-corrected chi connectivity index (χ4v) is 1.97. The molecule has 0 fully saturated rings. The maximum absolute atomic E-state index is 10.5. The van der Waals surface area contributed by atoms with Gasteiger partial charge in [0.25, 0.3) is 0 Å². The maximum Gasteiger partial charge on any atom is 0.332 e. The van der Waals surface area contributed by atoms with Crippen LogP contribution in [0.25, 0.3) is 0 Å². The van der Waals surface area contributed by atoms with Gasteiger partial charge in [0.1, 0.15) is 0 Å². The molecule has 0 heterocycles. The molecule has 1 unspecified atom stereocenters. The van der Waals surface area contributed by atoms with Crippen LogP contribution in [0.2, 0.25) is 0 Å². The van der Waals surface area contributed by atoms with Crippen LogP contribution < -0.4 is 0 Å². The van der Waals surface area contributed by atoms with Gasteiger partial charge in [-0.3, -0.25) is 0 Å². The lowest BCUT2D eigenvalue weighted by molar-refractivity contribution is -0.149. The summed E-state index contributed by atoms with van der Waals surface area (Å²) >= 11 is 0. The highest BCUT2D eigenvalue weighted by molar-refractivity contribution is 5.71. The van der Waals surface area contributed by atoms with Crippen molar-refractivity contribution in [2.75, 3.05) is 6.61 Å². The summed E-state index contributed by atoms with van der Waals surface area (Å²) in [5.41, 5.74) is 0. The molecule has 0 saturated heterocycles. The van der Waals surface area contributed by atoms with Crippen molar-refractivity contribution in [1.82, 2.24) is 0 Å². The third-order valence-corrected chi connectivity index (χ3v) is 3.37. The number of rotatable bonds is 14. The summed E-state index contributed by atoms with van der Waals surface area (Å²) in [4.78, 5) is 10.5. The van der Waals surface area contributed by atoms with Crippen molar-refractivity contribution in [2.24, 2.45) is 0 Å². The van der Waals surface area contributed by atoms with Crippen molar-refractivity contribution < 1.29 is 14.6 Å². The fraction of sp³-hybridized carbons (Fsp3) is 0.824. The van der Waals surface area contributed by atoms with E-state index >= 15 is 0 Å². The average Bonchev–Trinajstić information content (AvgIpc) is 2.43. The van der Waals surface area contributed by atoms with Gasteiger partial charge in [0.2, 0.25) is 0 Å².